The molecule has 2 fully saturated rings. The van der Waals surface area contributed by atoms with Gasteiger partial charge in [0.1, 0.15) is 12.1 Å². The quantitative estimate of drug-likeness (QED) is 0.682. The standard InChI is InChI=1S/C23H25ClN4O3/c1-13-3-8-17(9-14(13)2)25-23(31)26-18-11-20-21(29)27-19(22(30)28(20)12-18)10-15-4-6-16(24)7-5-15/h3-9,18-20H,10-12H2,1-2H3,(H,27,29)(H2,25,26,31)/t18-,19-,20-/m0/s1. The monoisotopic (exact) mass is 440 g/mol. The van der Waals surface area contributed by atoms with Crippen LogP contribution in [0.1, 0.15) is 23.1 Å². The number of anilines is 1. The average Bonchev–Trinajstić information content (AvgIpc) is 3.15. The predicted octanol–water partition coefficient (Wildman–Crippen LogP) is 2.79. The van der Waals surface area contributed by atoms with E-state index in [1.54, 1.807) is 17.0 Å². The van der Waals surface area contributed by atoms with Crippen LogP contribution in [0.5, 0.6) is 0 Å². The van der Waals surface area contributed by atoms with Crippen molar-refractivity contribution < 1.29 is 14.4 Å². The molecule has 7 nitrogen and oxygen atoms in total. The van der Waals surface area contributed by atoms with E-state index in [-0.39, 0.29) is 23.9 Å². The second-order valence-corrected chi connectivity index (χ2v) is 8.66. The van der Waals surface area contributed by atoms with Crippen LogP contribution in [-0.2, 0) is 16.0 Å². The van der Waals surface area contributed by atoms with Crippen molar-refractivity contribution in [3.63, 3.8) is 0 Å². The summed E-state index contributed by atoms with van der Waals surface area (Å²) in [6.07, 6.45) is 0.794. The average molecular weight is 441 g/mol. The SMILES string of the molecule is Cc1ccc(NC(=O)N[C@H]2C[C@H]3C(=O)N[C@@H](Cc4ccc(Cl)cc4)C(=O)N3C2)cc1C. The zero-order chi connectivity index (χ0) is 22.1. The van der Waals surface area contributed by atoms with Gasteiger partial charge in [-0.1, -0.05) is 29.8 Å². The molecule has 2 saturated heterocycles. The number of piperazine rings is 1. The number of aryl methyl sites for hydroxylation is 2. The third kappa shape index (κ3) is 4.66. The first-order valence-electron chi connectivity index (χ1n) is 10.3. The molecule has 4 rings (SSSR count). The molecule has 0 saturated carbocycles. The van der Waals surface area contributed by atoms with Crippen molar-refractivity contribution in [2.24, 2.45) is 0 Å². The van der Waals surface area contributed by atoms with E-state index in [0.29, 0.717) is 30.1 Å². The van der Waals surface area contributed by atoms with E-state index in [2.05, 4.69) is 16.0 Å². The molecular formula is C23H25ClN4O3. The number of halogens is 1. The Labute approximate surface area is 186 Å². The normalized spacial score (nSPS) is 22.7. The van der Waals surface area contributed by atoms with Crippen LogP contribution in [0, 0.1) is 13.8 Å². The topological polar surface area (TPSA) is 90.5 Å². The molecule has 2 aliphatic rings. The smallest absolute Gasteiger partial charge is 0.319 e. The Bertz CT molecular complexity index is 1020. The van der Waals surface area contributed by atoms with Crippen molar-refractivity contribution in [2.45, 2.75) is 44.8 Å². The Hall–Kier alpha value is -3.06. The molecule has 0 bridgehead atoms. The Morgan fingerprint density at radius 1 is 1.13 bits per heavy atom. The van der Waals surface area contributed by atoms with Gasteiger partial charge in [-0.3, -0.25) is 9.59 Å². The summed E-state index contributed by atoms with van der Waals surface area (Å²) in [5.74, 6) is -0.309. The molecule has 0 aromatic heterocycles. The minimum atomic E-state index is -0.618. The van der Waals surface area contributed by atoms with Gasteiger partial charge in [0.2, 0.25) is 11.8 Å². The number of rotatable bonds is 4. The minimum absolute atomic E-state index is 0.126. The number of benzene rings is 2. The molecule has 0 spiro atoms. The summed E-state index contributed by atoms with van der Waals surface area (Å²) >= 11 is 5.92. The van der Waals surface area contributed by atoms with Crippen molar-refractivity contribution in [3.05, 3.63) is 64.2 Å². The van der Waals surface area contributed by atoms with E-state index in [9.17, 15) is 14.4 Å². The minimum Gasteiger partial charge on any atom is -0.342 e. The maximum absolute atomic E-state index is 13.0. The van der Waals surface area contributed by atoms with Crippen LogP contribution in [0.4, 0.5) is 10.5 Å². The first-order valence-corrected chi connectivity index (χ1v) is 10.7. The van der Waals surface area contributed by atoms with Crippen molar-refractivity contribution in [1.29, 1.82) is 0 Å². The maximum atomic E-state index is 13.0. The first-order chi connectivity index (χ1) is 14.8. The van der Waals surface area contributed by atoms with Crippen LogP contribution in [0.2, 0.25) is 5.02 Å². The highest BCUT2D eigenvalue weighted by molar-refractivity contribution is 6.30. The number of carbonyl (C=O) groups excluding carboxylic acids is 3. The molecule has 31 heavy (non-hydrogen) atoms. The molecule has 2 heterocycles. The molecule has 0 radical (unpaired) electrons. The Balaban J connectivity index is 1.37. The fraction of sp³-hybridized carbons (Fsp3) is 0.348. The molecule has 3 atom stereocenters. The van der Waals surface area contributed by atoms with Gasteiger partial charge in [0, 0.05) is 23.7 Å². The highest BCUT2D eigenvalue weighted by Gasteiger charge is 2.46. The van der Waals surface area contributed by atoms with Crippen LogP contribution < -0.4 is 16.0 Å². The number of nitrogens with one attached hydrogen (secondary N) is 3. The number of urea groups is 1. The molecule has 3 N–H and O–H groups in total. The number of nitrogens with zero attached hydrogens (tertiary/aromatic N) is 1. The van der Waals surface area contributed by atoms with Crippen molar-refractivity contribution in [3.8, 4) is 0 Å². The second kappa shape index (κ2) is 8.59. The Morgan fingerprint density at radius 3 is 2.58 bits per heavy atom. The second-order valence-electron chi connectivity index (χ2n) is 8.23. The molecule has 4 amide bonds. The molecular weight excluding hydrogens is 416 g/mol. The number of fused-ring (bicyclic) bond motifs is 1. The van der Waals surface area contributed by atoms with Crippen molar-refractivity contribution in [1.82, 2.24) is 15.5 Å². The fourth-order valence-corrected chi connectivity index (χ4v) is 4.25. The van der Waals surface area contributed by atoms with E-state index in [0.717, 1.165) is 16.7 Å². The van der Waals surface area contributed by atoms with Crippen LogP contribution >= 0.6 is 11.6 Å². The largest absolute Gasteiger partial charge is 0.342 e. The first kappa shape index (κ1) is 21.2. The lowest BCUT2D eigenvalue weighted by Gasteiger charge is -2.34. The number of carbonyl (C=O) groups is 3. The summed E-state index contributed by atoms with van der Waals surface area (Å²) in [4.78, 5) is 39.6. The van der Waals surface area contributed by atoms with Gasteiger partial charge in [-0.05, 0) is 61.2 Å². The summed E-state index contributed by atoms with van der Waals surface area (Å²) in [7, 11) is 0. The van der Waals surface area contributed by atoms with Gasteiger partial charge in [-0.25, -0.2) is 4.79 Å². The van der Waals surface area contributed by atoms with Gasteiger partial charge in [-0.15, -0.1) is 0 Å². The highest BCUT2D eigenvalue weighted by Crippen LogP contribution is 2.24. The lowest BCUT2D eigenvalue weighted by molar-refractivity contribution is -0.147. The maximum Gasteiger partial charge on any atom is 0.319 e. The summed E-state index contributed by atoms with van der Waals surface area (Å²) in [5.41, 5.74) is 3.86. The van der Waals surface area contributed by atoms with Crippen LogP contribution in [0.25, 0.3) is 0 Å². The van der Waals surface area contributed by atoms with E-state index in [4.69, 9.17) is 11.6 Å². The molecule has 2 aromatic rings. The molecule has 2 aliphatic heterocycles. The lowest BCUT2D eigenvalue weighted by Crippen LogP contribution is -2.61. The third-order valence-corrected chi connectivity index (χ3v) is 6.21. The van der Waals surface area contributed by atoms with Gasteiger partial charge < -0.3 is 20.9 Å². The number of amides is 4. The van der Waals surface area contributed by atoms with E-state index in [1.165, 1.54) is 0 Å². The van der Waals surface area contributed by atoms with Gasteiger partial charge in [0.05, 0.1) is 6.04 Å². The zero-order valence-corrected chi connectivity index (χ0v) is 18.2. The van der Waals surface area contributed by atoms with Crippen LogP contribution in [-0.4, -0.2) is 47.4 Å². The van der Waals surface area contributed by atoms with Gasteiger partial charge in [-0.2, -0.15) is 0 Å². The molecule has 8 heteroatoms. The molecule has 0 unspecified atom stereocenters. The summed E-state index contributed by atoms with van der Waals surface area (Å²) in [6.45, 7) is 4.31. The predicted molar refractivity (Wildman–Crippen MR) is 119 cm³/mol. The zero-order valence-electron chi connectivity index (χ0n) is 17.4. The molecule has 0 aliphatic carbocycles. The van der Waals surface area contributed by atoms with Gasteiger partial charge in [0.25, 0.3) is 0 Å². The summed E-state index contributed by atoms with van der Waals surface area (Å²) in [5, 5.41) is 9.17. The fourth-order valence-electron chi connectivity index (χ4n) is 4.13. The number of hydrogen-bond acceptors (Lipinski definition) is 3. The number of hydrogen-bond donors (Lipinski definition) is 3. The third-order valence-electron chi connectivity index (χ3n) is 5.95. The van der Waals surface area contributed by atoms with Crippen LogP contribution in [0.3, 0.4) is 0 Å². The van der Waals surface area contributed by atoms with Crippen molar-refractivity contribution in [2.75, 3.05) is 11.9 Å². The van der Waals surface area contributed by atoms with E-state index >= 15 is 0 Å². The van der Waals surface area contributed by atoms with Crippen LogP contribution in [0.15, 0.2) is 42.5 Å². The van der Waals surface area contributed by atoms with Crippen molar-refractivity contribution >= 4 is 35.1 Å². The van der Waals surface area contributed by atoms with Gasteiger partial charge in [0.15, 0.2) is 0 Å². The molecule has 2 aromatic carbocycles. The highest BCUT2D eigenvalue weighted by atomic mass is 35.5. The summed E-state index contributed by atoms with van der Waals surface area (Å²) < 4.78 is 0. The Morgan fingerprint density at radius 2 is 1.87 bits per heavy atom. The lowest BCUT2D eigenvalue weighted by atomic mass is 10.0. The van der Waals surface area contributed by atoms with E-state index < -0.39 is 12.1 Å². The van der Waals surface area contributed by atoms with Gasteiger partial charge >= 0.3 is 6.03 Å². The van der Waals surface area contributed by atoms with E-state index in [1.807, 2.05) is 44.2 Å². The summed E-state index contributed by atoms with van der Waals surface area (Å²) in [6, 6.07) is 11.1. The molecule has 162 valence electrons. The Kier molecular flexibility index (Phi) is 5.87.